The molecule has 2 aromatic carbocycles. The number of amides is 1. The summed E-state index contributed by atoms with van der Waals surface area (Å²) < 4.78 is 10.8. The van der Waals surface area contributed by atoms with Crippen LogP contribution in [-0.2, 0) is 11.3 Å². The largest absolute Gasteiger partial charge is 0.497 e. The number of carbonyl (C=O) groups excluding carboxylic acids is 1. The molecule has 0 radical (unpaired) electrons. The lowest BCUT2D eigenvalue weighted by molar-refractivity contribution is -0.136. The van der Waals surface area contributed by atoms with E-state index in [-0.39, 0.29) is 11.9 Å². The zero-order valence-corrected chi connectivity index (χ0v) is 16.4. The van der Waals surface area contributed by atoms with Crippen molar-refractivity contribution in [1.82, 2.24) is 9.80 Å². The van der Waals surface area contributed by atoms with Gasteiger partial charge in [0.2, 0.25) is 5.91 Å². The Morgan fingerprint density at radius 3 is 2.41 bits per heavy atom. The van der Waals surface area contributed by atoms with Gasteiger partial charge in [0.05, 0.1) is 14.2 Å². The Hall–Kier alpha value is -2.53. The molecule has 3 rings (SSSR count). The lowest BCUT2D eigenvalue weighted by Gasteiger charge is -2.31. The van der Waals surface area contributed by atoms with Crippen molar-refractivity contribution in [1.29, 1.82) is 0 Å². The van der Waals surface area contributed by atoms with Gasteiger partial charge in [-0.25, -0.2) is 0 Å². The first-order valence-electron chi connectivity index (χ1n) is 9.39. The zero-order valence-electron chi connectivity index (χ0n) is 16.4. The Morgan fingerprint density at radius 1 is 1.07 bits per heavy atom. The molecule has 1 heterocycles. The van der Waals surface area contributed by atoms with Gasteiger partial charge in [0.15, 0.2) is 0 Å². The van der Waals surface area contributed by atoms with Crippen molar-refractivity contribution in [2.24, 2.45) is 0 Å². The van der Waals surface area contributed by atoms with Crippen molar-refractivity contribution in [3.8, 4) is 11.5 Å². The maximum Gasteiger partial charge on any atom is 0.244 e. The third kappa shape index (κ3) is 4.42. The molecule has 0 unspecified atom stereocenters. The minimum Gasteiger partial charge on any atom is -0.497 e. The predicted octanol–water partition coefficient (Wildman–Crippen LogP) is 3.50. The normalized spacial score (nSPS) is 15.0. The van der Waals surface area contributed by atoms with E-state index in [0.29, 0.717) is 6.54 Å². The van der Waals surface area contributed by atoms with Crippen LogP contribution in [-0.4, -0.2) is 50.1 Å². The highest BCUT2D eigenvalue weighted by atomic mass is 16.5. The Morgan fingerprint density at radius 2 is 1.78 bits per heavy atom. The Kier molecular flexibility index (Phi) is 6.35. The van der Waals surface area contributed by atoms with Crippen LogP contribution in [0.4, 0.5) is 0 Å². The lowest BCUT2D eigenvalue weighted by Crippen LogP contribution is -2.40. The second-order valence-electron chi connectivity index (χ2n) is 6.94. The SMILES string of the molecule is COc1ccc(CN(C)[C@@H](C(=O)N2CCCC2)c2ccccc2)c(OC)c1. The summed E-state index contributed by atoms with van der Waals surface area (Å²) in [6, 6.07) is 15.5. The first kappa shape index (κ1) is 19.2. The van der Waals surface area contributed by atoms with Gasteiger partial charge in [-0.1, -0.05) is 36.4 Å². The lowest BCUT2D eigenvalue weighted by atomic mass is 10.0. The van der Waals surface area contributed by atoms with Crippen molar-refractivity contribution in [2.45, 2.75) is 25.4 Å². The van der Waals surface area contributed by atoms with Crippen LogP contribution in [0.15, 0.2) is 48.5 Å². The van der Waals surface area contributed by atoms with Gasteiger partial charge in [-0.2, -0.15) is 0 Å². The van der Waals surface area contributed by atoms with E-state index in [9.17, 15) is 4.79 Å². The standard InChI is InChI=1S/C22H28N2O3/c1-23(16-18-11-12-19(26-2)15-20(18)27-3)21(17-9-5-4-6-10-17)22(25)24-13-7-8-14-24/h4-6,9-12,15,21H,7-8,13-14,16H2,1-3H3/t21-/m1/s1. The molecule has 27 heavy (non-hydrogen) atoms. The molecule has 1 amide bonds. The fourth-order valence-electron chi connectivity index (χ4n) is 3.67. The van der Waals surface area contributed by atoms with E-state index < -0.39 is 0 Å². The van der Waals surface area contributed by atoms with Crippen LogP contribution in [0.1, 0.15) is 30.0 Å². The third-order valence-corrected chi connectivity index (χ3v) is 5.12. The Labute approximate surface area is 161 Å². The number of likely N-dealkylation sites (tertiary alicyclic amines) is 1. The Balaban J connectivity index is 1.87. The summed E-state index contributed by atoms with van der Waals surface area (Å²) in [6.07, 6.45) is 2.17. The first-order valence-corrected chi connectivity index (χ1v) is 9.39. The number of hydrogen-bond acceptors (Lipinski definition) is 4. The minimum atomic E-state index is -0.309. The van der Waals surface area contributed by atoms with E-state index >= 15 is 0 Å². The van der Waals surface area contributed by atoms with E-state index in [1.165, 1.54) is 0 Å². The highest BCUT2D eigenvalue weighted by Crippen LogP contribution is 2.30. The molecule has 1 atom stereocenters. The number of nitrogens with zero attached hydrogens (tertiary/aromatic N) is 2. The number of methoxy groups -OCH3 is 2. The van der Waals surface area contributed by atoms with Crippen LogP contribution in [0.25, 0.3) is 0 Å². The molecule has 144 valence electrons. The molecule has 1 fully saturated rings. The second-order valence-corrected chi connectivity index (χ2v) is 6.94. The molecule has 1 aliphatic rings. The molecule has 0 bridgehead atoms. The van der Waals surface area contributed by atoms with Gasteiger partial charge in [0.25, 0.3) is 0 Å². The number of benzene rings is 2. The van der Waals surface area contributed by atoms with Gasteiger partial charge in [0.1, 0.15) is 17.5 Å². The molecule has 1 saturated heterocycles. The van der Waals surface area contributed by atoms with Crippen LogP contribution >= 0.6 is 0 Å². The number of likely N-dealkylation sites (N-methyl/N-ethyl adjacent to an activating group) is 1. The van der Waals surface area contributed by atoms with E-state index in [1.807, 2.05) is 60.5 Å². The highest BCUT2D eigenvalue weighted by Gasteiger charge is 2.31. The molecule has 0 aromatic heterocycles. The Bertz CT molecular complexity index is 757. The van der Waals surface area contributed by atoms with Crippen molar-refractivity contribution in [2.75, 3.05) is 34.4 Å². The minimum absolute atomic E-state index is 0.175. The van der Waals surface area contributed by atoms with Crippen LogP contribution < -0.4 is 9.47 Å². The average Bonchev–Trinajstić information content (AvgIpc) is 3.24. The van der Waals surface area contributed by atoms with E-state index in [4.69, 9.17) is 9.47 Å². The molecular weight excluding hydrogens is 340 g/mol. The van der Waals surface area contributed by atoms with Gasteiger partial charge < -0.3 is 14.4 Å². The third-order valence-electron chi connectivity index (χ3n) is 5.12. The molecule has 0 N–H and O–H groups in total. The van der Waals surface area contributed by atoms with Crippen LogP contribution in [0.3, 0.4) is 0 Å². The van der Waals surface area contributed by atoms with Crippen molar-refractivity contribution in [3.05, 3.63) is 59.7 Å². The van der Waals surface area contributed by atoms with Crippen LogP contribution in [0.2, 0.25) is 0 Å². The van der Waals surface area contributed by atoms with E-state index in [0.717, 1.165) is 48.6 Å². The van der Waals surface area contributed by atoms with Crippen LogP contribution in [0, 0.1) is 0 Å². The summed E-state index contributed by atoms with van der Waals surface area (Å²) in [4.78, 5) is 17.3. The van der Waals surface area contributed by atoms with Crippen molar-refractivity contribution < 1.29 is 14.3 Å². The average molecular weight is 368 g/mol. The molecule has 1 aliphatic heterocycles. The van der Waals surface area contributed by atoms with Crippen molar-refractivity contribution in [3.63, 3.8) is 0 Å². The maximum absolute atomic E-state index is 13.3. The van der Waals surface area contributed by atoms with Gasteiger partial charge in [-0.3, -0.25) is 9.69 Å². The molecule has 5 nitrogen and oxygen atoms in total. The maximum atomic E-state index is 13.3. The summed E-state index contributed by atoms with van der Waals surface area (Å²) in [6.45, 7) is 2.30. The van der Waals surface area contributed by atoms with Gasteiger partial charge in [0, 0.05) is 31.3 Å². The fourth-order valence-corrected chi connectivity index (χ4v) is 3.67. The fraction of sp³-hybridized carbons (Fsp3) is 0.409. The molecule has 5 heteroatoms. The zero-order chi connectivity index (χ0) is 19.2. The molecule has 0 saturated carbocycles. The summed E-state index contributed by atoms with van der Waals surface area (Å²) in [5.74, 6) is 1.70. The second kappa shape index (κ2) is 8.91. The smallest absolute Gasteiger partial charge is 0.244 e. The predicted molar refractivity (Wildman–Crippen MR) is 106 cm³/mol. The van der Waals surface area contributed by atoms with Gasteiger partial charge in [-0.05, 0) is 31.5 Å². The first-order chi connectivity index (χ1) is 13.1. The number of carbonyl (C=O) groups is 1. The van der Waals surface area contributed by atoms with Crippen LogP contribution in [0.5, 0.6) is 11.5 Å². The van der Waals surface area contributed by atoms with Gasteiger partial charge >= 0.3 is 0 Å². The van der Waals surface area contributed by atoms with E-state index in [1.54, 1.807) is 14.2 Å². The van der Waals surface area contributed by atoms with E-state index in [2.05, 4.69) is 4.90 Å². The topological polar surface area (TPSA) is 42.0 Å². The number of hydrogen-bond donors (Lipinski definition) is 0. The summed E-state index contributed by atoms with van der Waals surface area (Å²) >= 11 is 0. The molecular formula is C22H28N2O3. The van der Waals surface area contributed by atoms with Crippen molar-refractivity contribution >= 4 is 5.91 Å². The molecule has 0 aliphatic carbocycles. The summed E-state index contributed by atoms with van der Waals surface area (Å²) in [5.41, 5.74) is 2.04. The quantitative estimate of drug-likeness (QED) is 0.750. The number of ether oxygens (including phenoxy) is 2. The summed E-state index contributed by atoms with van der Waals surface area (Å²) in [5, 5.41) is 0. The molecule has 2 aromatic rings. The highest BCUT2D eigenvalue weighted by molar-refractivity contribution is 5.83. The monoisotopic (exact) mass is 368 g/mol. The molecule has 0 spiro atoms. The number of rotatable bonds is 7. The van der Waals surface area contributed by atoms with Gasteiger partial charge in [-0.15, -0.1) is 0 Å². The summed E-state index contributed by atoms with van der Waals surface area (Å²) in [7, 11) is 5.29.